The van der Waals surface area contributed by atoms with E-state index in [0.717, 1.165) is 57.8 Å². The molecule has 2 spiro atoms. The SMILES string of the molecule is CC1=C[C@H]2C(=O)O[C@H]3C[C@@H](C/C=C(\C)C[C@@H](C)/C=C/C=C4\CO[C@H]([C@@H]1O)[C@@]42O)OC1(CC[C@H](C)[C@@H](C)O1)C3.CC[C@H]1OC2(CC[C@@H]1C)C[C@@H]1C[C@@H](C/C=C(\C)C[C@@H](C)/C=C/C=C3\CO[C@@H]4[C@H](O)C(C)=C[C@@H](C(=O)O1)[C@]34O)O2. The van der Waals surface area contributed by atoms with E-state index in [1.807, 2.05) is 24.3 Å². The van der Waals surface area contributed by atoms with Crippen LogP contribution in [0.2, 0.25) is 0 Å². The highest BCUT2D eigenvalue weighted by atomic mass is 16.7. The van der Waals surface area contributed by atoms with E-state index in [2.05, 4.69) is 79.7 Å². The summed E-state index contributed by atoms with van der Waals surface area (Å²) >= 11 is 0. The molecule has 2 aliphatic carbocycles. The summed E-state index contributed by atoms with van der Waals surface area (Å²) in [6.07, 6.45) is 24.5. The number of rotatable bonds is 1. The summed E-state index contributed by atoms with van der Waals surface area (Å²) in [5.74, 6) is -3.05. The van der Waals surface area contributed by atoms with E-state index in [4.69, 9.17) is 37.9 Å². The van der Waals surface area contributed by atoms with Crippen molar-refractivity contribution in [1.82, 2.24) is 0 Å². The average Bonchev–Trinajstić information content (AvgIpc) is 4.10. The summed E-state index contributed by atoms with van der Waals surface area (Å²) in [7, 11) is 0. The molecule has 6 saturated heterocycles. The largest absolute Gasteiger partial charge is 0.462 e. The van der Waals surface area contributed by atoms with Crippen LogP contribution in [0.3, 0.4) is 0 Å². The van der Waals surface area contributed by atoms with Gasteiger partial charge in [0, 0.05) is 38.5 Å². The molecule has 20 atom stereocenters. The van der Waals surface area contributed by atoms with Gasteiger partial charge in [-0.3, -0.25) is 9.59 Å². The van der Waals surface area contributed by atoms with Crippen molar-refractivity contribution in [3.63, 3.8) is 0 Å². The standard InChI is InChI=1S/C32H46O7.C31H44O7/c1-6-27-21(4)12-13-31(39-27)17-25-16-24(38-31)11-10-20(3)14-19(2)8-7-9-23-18-36-29-28(33)22(5)15-26(30(34)37-25)32(23,29)35;1-18-7-6-8-23-17-35-28-27(32)21(4)14-26(31(23,28)34)29(33)36-25-15-24(10-9-19(2)13-18)38-30(16-25)12-11-20(3)22(5)37-30/h7-10,15,19,21,24-29,33,35H,6,11-14,16-18H2,1-5H3;6-9,14,18,20,22,24-28,32,34H,10-13,15-17H2,1-5H3/b8-7+,20-10+,23-9+;7-6+,19-9+,23-8+/t19-,21-,24+,25-,26-,27+,28+,29+,31?,32+;18-,20-,22+,24+,25-,26-,27+,28+,30?,31+/m00/s1. The molecule has 8 heterocycles. The highest BCUT2D eigenvalue weighted by Crippen LogP contribution is 2.50. The maximum Gasteiger partial charge on any atom is 0.316 e. The highest BCUT2D eigenvalue weighted by Gasteiger charge is 2.62. The van der Waals surface area contributed by atoms with Gasteiger partial charge in [-0.25, -0.2) is 0 Å². The van der Waals surface area contributed by atoms with Crippen molar-refractivity contribution in [3.05, 3.63) is 94.2 Å². The molecule has 14 heteroatoms. The van der Waals surface area contributed by atoms with E-state index >= 15 is 0 Å². The molecule has 0 aromatic carbocycles. The number of esters is 2. The maximum absolute atomic E-state index is 13.9. The summed E-state index contributed by atoms with van der Waals surface area (Å²) < 4.78 is 50.6. The van der Waals surface area contributed by atoms with E-state index in [0.29, 0.717) is 71.6 Å². The van der Waals surface area contributed by atoms with Gasteiger partial charge < -0.3 is 58.3 Å². The molecule has 14 nitrogen and oxygen atoms in total. The second kappa shape index (κ2) is 23.5. The normalized spacial score (nSPS) is 49.2. The van der Waals surface area contributed by atoms with Gasteiger partial charge in [-0.2, -0.15) is 0 Å². The smallest absolute Gasteiger partial charge is 0.316 e. The number of carbonyl (C=O) groups is 2. The second-order valence-corrected chi connectivity index (χ2v) is 25.1. The molecule has 10 aliphatic rings. The van der Waals surface area contributed by atoms with E-state index in [1.165, 1.54) is 11.1 Å². The predicted molar refractivity (Wildman–Crippen MR) is 291 cm³/mol. The van der Waals surface area contributed by atoms with Gasteiger partial charge in [0.05, 0.1) is 37.6 Å². The summed E-state index contributed by atoms with van der Waals surface area (Å²) in [5.41, 5.74) is 1.57. The Labute approximate surface area is 457 Å². The topological polar surface area (TPSA) is 189 Å². The summed E-state index contributed by atoms with van der Waals surface area (Å²) in [5, 5.41) is 45.7. The van der Waals surface area contributed by atoms with E-state index in [1.54, 1.807) is 26.0 Å². The van der Waals surface area contributed by atoms with Crippen LogP contribution >= 0.6 is 0 Å². The lowest BCUT2D eigenvalue weighted by Crippen LogP contribution is -2.58. The van der Waals surface area contributed by atoms with Crippen molar-refractivity contribution in [2.75, 3.05) is 13.2 Å². The van der Waals surface area contributed by atoms with Gasteiger partial charge in [0.15, 0.2) is 11.6 Å². The number of hydrogen-bond donors (Lipinski definition) is 4. The van der Waals surface area contributed by atoms with E-state index in [9.17, 15) is 30.0 Å². The number of ether oxygens (including phenoxy) is 8. The first-order valence-corrected chi connectivity index (χ1v) is 29.1. The maximum atomic E-state index is 13.9. The van der Waals surface area contributed by atoms with Crippen molar-refractivity contribution >= 4 is 11.9 Å². The molecule has 10 rings (SSSR count). The predicted octanol–water partition coefficient (Wildman–Crippen LogP) is 9.46. The molecule has 4 bridgehead atoms. The van der Waals surface area contributed by atoms with Gasteiger partial charge in [0.1, 0.15) is 59.7 Å². The van der Waals surface area contributed by atoms with Gasteiger partial charge in [-0.05, 0) is 126 Å². The molecular weight excluding hydrogens is 981 g/mol. The van der Waals surface area contributed by atoms with Gasteiger partial charge >= 0.3 is 11.9 Å². The third kappa shape index (κ3) is 12.1. The molecule has 77 heavy (non-hydrogen) atoms. The molecule has 8 aliphatic heterocycles. The highest BCUT2D eigenvalue weighted by molar-refractivity contribution is 5.79. The minimum atomic E-state index is -1.68. The van der Waals surface area contributed by atoms with Gasteiger partial charge in [0.2, 0.25) is 0 Å². The average molecular weight is 1070 g/mol. The van der Waals surface area contributed by atoms with Crippen LogP contribution in [0.4, 0.5) is 0 Å². The van der Waals surface area contributed by atoms with Crippen LogP contribution in [-0.4, -0.2) is 129 Å². The number of aliphatic hydroxyl groups is 4. The third-order valence-electron chi connectivity index (χ3n) is 18.8. The Bertz CT molecular complexity index is 2430. The van der Waals surface area contributed by atoms with Gasteiger partial charge in [-0.1, -0.05) is 107 Å². The lowest BCUT2D eigenvalue weighted by molar-refractivity contribution is -0.335. The van der Waals surface area contributed by atoms with Crippen molar-refractivity contribution in [1.29, 1.82) is 0 Å². The Morgan fingerprint density at radius 2 is 1.04 bits per heavy atom. The van der Waals surface area contributed by atoms with Crippen LogP contribution < -0.4 is 0 Å². The second-order valence-electron chi connectivity index (χ2n) is 25.1. The van der Waals surface area contributed by atoms with Crippen molar-refractivity contribution < 1.29 is 67.9 Å². The lowest BCUT2D eigenvalue weighted by atomic mass is 9.71. The van der Waals surface area contributed by atoms with Crippen LogP contribution in [0.1, 0.15) is 153 Å². The number of allylic oxidation sites excluding steroid dienone is 8. The lowest BCUT2D eigenvalue weighted by Gasteiger charge is -2.50. The number of hydrogen-bond acceptors (Lipinski definition) is 14. The van der Waals surface area contributed by atoms with Crippen molar-refractivity contribution in [2.24, 2.45) is 35.5 Å². The van der Waals surface area contributed by atoms with Crippen molar-refractivity contribution in [3.8, 4) is 0 Å². The summed E-state index contributed by atoms with van der Waals surface area (Å²) in [4.78, 5) is 27.7. The summed E-state index contributed by atoms with van der Waals surface area (Å²) in [6, 6.07) is 0. The zero-order valence-corrected chi connectivity index (χ0v) is 47.5. The minimum absolute atomic E-state index is 0.0526. The van der Waals surface area contributed by atoms with Crippen LogP contribution in [0.5, 0.6) is 0 Å². The Balaban J connectivity index is 0.000000188. The zero-order chi connectivity index (χ0) is 55.2. The molecule has 0 aromatic heterocycles. The molecule has 4 N–H and O–H groups in total. The minimum Gasteiger partial charge on any atom is -0.462 e. The number of fused-ring (bicyclic) bond motifs is 4. The van der Waals surface area contributed by atoms with Crippen LogP contribution in [0.25, 0.3) is 0 Å². The first kappa shape index (κ1) is 58.1. The third-order valence-corrected chi connectivity index (χ3v) is 18.8. The number of aliphatic hydroxyl groups excluding tert-OH is 2. The Morgan fingerprint density at radius 1 is 0.597 bits per heavy atom. The zero-order valence-electron chi connectivity index (χ0n) is 47.5. The molecule has 2 unspecified atom stereocenters. The van der Waals surface area contributed by atoms with E-state index < -0.39 is 83.2 Å². The fraction of sp³-hybridized carbons (Fsp3) is 0.714. The molecule has 426 valence electrons. The summed E-state index contributed by atoms with van der Waals surface area (Å²) in [6.45, 7) is 21.1. The van der Waals surface area contributed by atoms with Crippen LogP contribution in [-0.2, 0) is 47.5 Å². The fourth-order valence-corrected chi connectivity index (χ4v) is 14.1. The van der Waals surface area contributed by atoms with E-state index in [-0.39, 0.29) is 37.6 Å². The Kier molecular flexibility index (Phi) is 17.7. The first-order chi connectivity index (χ1) is 36.5. The molecule has 0 radical (unpaired) electrons. The Hall–Kier alpha value is -3.54. The van der Waals surface area contributed by atoms with Gasteiger partial charge in [0.25, 0.3) is 0 Å². The van der Waals surface area contributed by atoms with Crippen LogP contribution in [0.15, 0.2) is 94.2 Å². The van der Waals surface area contributed by atoms with Crippen LogP contribution in [0, 0.1) is 35.5 Å². The molecule has 0 amide bonds. The fourth-order valence-electron chi connectivity index (χ4n) is 14.1. The quantitative estimate of drug-likeness (QED) is 0.144. The van der Waals surface area contributed by atoms with Crippen molar-refractivity contribution in [2.45, 2.75) is 237 Å². The number of carbonyl (C=O) groups excluding carboxylic acids is 2. The molecule has 0 saturated carbocycles. The first-order valence-electron chi connectivity index (χ1n) is 29.1. The molecule has 6 fully saturated rings. The molecular formula is C63H90O14. The van der Waals surface area contributed by atoms with Gasteiger partial charge in [-0.15, -0.1) is 0 Å². The monoisotopic (exact) mass is 1070 g/mol. The Morgan fingerprint density at radius 3 is 1.48 bits per heavy atom. The molecule has 0 aromatic rings.